The van der Waals surface area contributed by atoms with Gasteiger partial charge in [-0.1, -0.05) is 35.3 Å². The van der Waals surface area contributed by atoms with Gasteiger partial charge < -0.3 is 10.6 Å². The fraction of sp³-hybridized carbons (Fsp3) is 0.0588. The van der Waals surface area contributed by atoms with Crippen molar-refractivity contribution in [1.82, 2.24) is 4.98 Å². The van der Waals surface area contributed by atoms with Crippen LogP contribution in [0.2, 0.25) is 10.0 Å². The van der Waals surface area contributed by atoms with E-state index in [4.69, 9.17) is 23.2 Å². The number of rotatable bonds is 4. The molecule has 0 radical (unpaired) electrons. The zero-order valence-corrected chi connectivity index (χ0v) is 13.5. The van der Waals surface area contributed by atoms with Gasteiger partial charge in [-0.05, 0) is 30.3 Å². The molecule has 1 amide bonds. The molecule has 1 heterocycles. The van der Waals surface area contributed by atoms with Crippen LogP contribution in [0.4, 0.5) is 11.4 Å². The first-order chi connectivity index (χ1) is 11.1. The molecule has 0 bridgehead atoms. The van der Waals surface area contributed by atoms with E-state index in [1.807, 2.05) is 24.3 Å². The second kappa shape index (κ2) is 6.86. The minimum atomic E-state index is -0.194. The minimum Gasteiger partial charge on any atom is -0.376 e. The lowest BCUT2D eigenvalue weighted by Gasteiger charge is -2.11. The lowest BCUT2D eigenvalue weighted by atomic mass is 10.1. The Balaban J connectivity index is 1.69. The van der Waals surface area contributed by atoms with E-state index in [1.54, 1.807) is 30.6 Å². The number of hydrogen-bond donors (Lipinski definition) is 2. The van der Waals surface area contributed by atoms with Crippen molar-refractivity contribution in [1.29, 1.82) is 0 Å². The topological polar surface area (TPSA) is 54.0 Å². The maximum absolute atomic E-state index is 12.1. The first kappa shape index (κ1) is 15.6. The highest BCUT2D eigenvalue weighted by atomic mass is 35.5. The molecule has 2 N–H and O–H groups in total. The van der Waals surface area contributed by atoms with Crippen LogP contribution in [0.1, 0.15) is 0 Å². The molecule has 0 aliphatic carbocycles. The number of benzene rings is 2. The molecule has 1 aromatic heterocycles. The highest BCUT2D eigenvalue weighted by Gasteiger charge is 2.09. The molecule has 0 spiro atoms. The van der Waals surface area contributed by atoms with Gasteiger partial charge in [-0.15, -0.1) is 0 Å². The monoisotopic (exact) mass is 345 g/mol. The zero-order valence-electron chi connectivity index (χ0n) is 12.0. The first-order valence-corrected chi connectivity index (χ1v) is 7.70. The number of hydrogen-bond acceptors (Lipinski definition) is 3. The molecule has 0 saturated heterocycles. The van der Waals surface area contributed by atoms with Crippen LogP contribution in [-0.2, 0) is 4.79 Å². The van der Waals surface area contributed by atoms with Gasteiger partial charge in [0.2, 0.25) is 5.91 Å². The fourth-order valence-electron chi connectivity index (χ4n) is 2.20. The van der Waals surface area contributed by atoms with Gasteiger partial charge >= 0.3 is 0 Å². The molecule has 116 valence electrons. The number of fused-ring (bicyclic) bond motifs is 1. The van der Waals surface area contributed by atoms with Crippen LogP contribution < -0.4 is 10.6 Å². The summed E-state index contributed by atoms with van der Waals surface area (Å²) in [7, 11) is 0. The molecule has 0 unspecified atom stereocenters. The maximum atomic E-state index is 12.1. The Bertz CT molecular complexity index is 867. The summed E-state index contributed by atoms with van der Waals surface area (Å²) in [5.74, 6) is -0.194. The van der Waals surface area contributed by atoms with Crippen LogP contribution in [0.25, 0.3) is 10.8 Å². The second-order valence-electron chi connectivity index (χ2n) is 4.94. The average molecular weight is 346 g/mol. The van der Waals surface area contributed by atoms with Gasteiger partial charge in [0.05, 0.1) is 17.3 Å². The van der Waals surface area contributed by atoms with E-state index >= 15 is 0 Å². The van der Waals surface area contributed by atoms with E-state index in [0.717, 1.165) is 16.5 Å². The number of carbonyl (C=O) groups is 1. The number of nitrogens with zero attached hydrogens (tertiary/aromatic N) is 1. The molecule has 0 aliphatic rings. The fourth-order valence-corrected chi connectivity index (χ4v) is 2.68. The van der Waals surface area contributed by atoms with Gasteiger partial charge in [0.1, 0.15) is 0 Å². The Morgan fingerprint density at radius 2 is 2.00 bits per heavy atom. The predicted octanol–water partition coefficient (Wildman–Crippen LogP) is 4.59. The third-order valence-electron chi connectivity index (χ3n) is 3.31. The molecule has 0 atom stereocenters. The van der Waals surface area contributed by atoms with Crippen LogP contribution in [-0.4, -0.2) is 17.4 Å². The molecular formula is C17H13Cl2N3O. The number of amides is 1. The van der Waals surface area contributed by atoms with Gasteiger partial charge in [-0.2, -0.15) is 0 Å². The van der Waals surface area contributed by atoms with Crippen molar-refractivity contribution < 1.29 is 4.79 Å². The van der Waals surface area contributed by atoms with Crippen molar-refractivity contribution in [2.75, 3.05) is 17.2 Å². The van der Waals surface area contributed by atoms with Crippen molar-refractivity contribution in [3.05, 3.63) is 64.9 Å². The summed E-state index contributed by atoms with van der Waals surface area (Å²) in [6, 6.07) is 12.6. The molecule has 4 nitrogen and oxygen atoms in total. The number of carbonyl (C=O) groups excluding carboxylic acids is 1. The third-order valence-corrected chi connectivity index (χ3v) is 3.95. The number of halogens is 2. The van der Waals surface area contributed by atoms with Crippen LogP contribution >= 0.6 is 23.2 Å². The van der Waals surface area contributed by atoms with E-state index in [1.165, 1.54) is 0 Å². The summed E-state index contributed by atoms with van der Waals surface area (Å²) in [6.07, 6.45) is 3.40. The number of pyridine rings is 1. The van der Waals surface area contributed by atoms with Crippen molar-refractivity contribution in [2.24, 2.45) is 0 Å². The number of aromatic nitrogens is 1. The summed E-state index contributed by atoms with van der Waals surface area (Å²) in [5.41, 5.74) is 1.35. The summed E-state index contributed by atoms with van der Waals surface area (Å²) in [6.45, 7) is 0.116. The SMILES string of the molecule is O=C(CNc1cccc(Cl)c1)Nc1ccc2cnccc2c1Cl. The molecule has 3 aromatic rings. The van der Waals surface area contributed by atoms with Crippen LogP contribution in [0.15, 0.2) is 54.9 Å². The van der Waals surface area contributed by atoms with Crippen LogP contribution in [0, 0.1) is 0 Å². The zero-order chi connectivity index (χ0) is 16.2. The van der Waals surface area contributed by atoms with Crippen molar-refractivity contribution in [3.8, 4) is 0 Å². The number of nitrogens with one attached hydrogen (secondary N) is 2. The Morgan fingerprint density at radius 3 is 2.83 bits per heavy atom. The Kier molecular flexibility index (Phi) is 4.65. The van der Waals surface area contributed by atoms with Gasteiger partial charge in [-0.25, -0.2) is 0 Å². The van der Waals surface area contributed by atoms with Crippen molar-refractivity contribution in [3.63, 3.8) is 0 Å². The molecule has 6 heteroatoms. The second-order valence-corrected chi connectivity index (χ2v) is 5.75. The van der Waals surface area contributed by atoms with E-state index in [2.05, 4.69) is 15.6 Å². The normalized spacial score (nSPS) is 10.5. The van der Waals surface area contributed by atoms with Crippen LogP contribution in [0.5, 0.6) is 0 Å². The van der Waals surface area contributed by atoms with Gasteiger partial charge in [0, 0.05) is 33.9 Å². The molecular weight excluding hydrogens is 333 g/mol. The van der Waals surface area contributed by atoms with E-state index in [0.29, 0.717) is 15.7 Å². The molecule has 2 aromatic carbocycles. The standard InChI is InChI=1S/C17H13Cl2N3O/c18-12-2-1-3-13(8-12)21-10-16(23)22-15-5-4-11-9-20-7-6-14(11)17(15)19/h1-9,21H,10H2,(H,22,23). The van der Waals surface area contributed by atoms with E-state index in [9.17, 15) is 4.79 Å². The Labute approximate surface area is 143 Å². The highest BCUT2D eigenvalue weighted by molar-refractivity contribution is 6.38. The van der Waals surface area contributed by atoms with Gasteiger partial charge in [0.25, 0.3) is 0 Å². The molecule has 0 aliphatic heterocycles. The van der Waals surface area contributed by atoms with Gasteiger partial charge in [0.15, 0.2) is 0 Å². The third kappa shape index (κ3) is 3.73. The quantitative estimate of drug-likeness (QED) is 0.726. The van der Waals surface area contributed by atoms with Crippen LogP contribution in [0.3, 0.4) is 0 Å². The molecule has 0 fully saturated rings. The van der Waals surface area contributed by atoms with E-state index < -0.39 is 0 Å². The smallest absolute Gasteiger partial charge is 0.243 e. The van der Waals surface area contributed by atoms with Crippen molar-refractivity contribution in [2.45, 2.75) is 0 Å². The average Bonchev–Trinajstić information content (AvgIpc) is 2.56. The highest BCUT2D eigenvalue weighted by Crippen LogP contribution is 2.30. The largest absolute Gasteiger partial charge is 0.376 e. The lowest BCUT2D eigenvalue weighted by Crippen LogP contribution is -2.21. The summed E-state index contributed by atoms with van der Waals surface area (Å²) < 4.78 is 0. The summed E-state index contributed by atoms with van der Waals surface area (Å²) in [4.78, 5) is 16.1. The van der Waals surface area contributed by atoms with Crippen molar-refractivity contribution >= 4 is 51.3 Å². The molecule has 0 saturated carbocycles. The number of anilines is 2. The minimum absolute atomic E-state index is 0.116. The summed E-state index contributed by atoms with van der Waals surface area (Å²) >= 11 is 12.2. The first-order valence-electron chi connectivity index (χ1n) is 6.95. The van der Waals surface area contributed by atoms with E-state index in [-0.39, 0.29) is 12.5 Å². The van der Waals surface area contributed by atoms with Gasteiger partial charge in [-0.3, -0.25) is 9.78 Å². The molecule has 23 heavy (non-hydrogen) atoms. The predicted molar refractivity (Wildman–Crippen MR) is 95.3 cm³/mol. The lowest BCUT2D eigenvalue weighted by molar-refractivity contribution is -0.114. The summed E-state index contributed by atoms with van der Waals surface area (Å²) in [5, 5.41) is 8.70. The molecule has 3 rings (SSSR count). The Morgan fingerprint density at radius 1 is 1.13 bits per heavy atom. The maximum Gasteiger partial charge on any atom is 0.243 e. The Hall–Kier alpha value is -2.30.